The Kier molecular flexibility index (Phi) is 7.35. The van der Waals surface area contributed by atoms with Gasteiger partial charge in [0.25, 0.3) is 0 Å². The molecular formula is C12H28N+. The summed E-state index contributed by atoms with van der Waals surface area (Å²) in [6.07, 6.45) is 5.61. The van der Waals surface area contributed by atoms with Crippen molar-refractivity contribution >= 4 is 0 Å². The first kappa shape index (κ1) is 13.0. The maximum absolute atomic E-state index is 2.33. The van der Waals surface area contributed by atoms with Crippen molar-refractivity contribution < 1.29 is 4.48 Å². The molecule has 0 N–H and O–H groups in total. The van der Waals surface area contributed by atoms with E-state index in [2.05, 4.69) is 27.7 Å². The topological polar surface area (TPSA) is 0 Å². The van der Waals surface area contributed by atoms with Crippen LogP contribution in [0.15, 0.2) is 0 Å². The molecular weight excluding hydrogens is 158 g/mol. The van der Waals surface area contributed by atoms with E-state index in [0.717, 1.165) is 0 Å². The van der Waals surface area contributed by atoms with Crippen molar-refractivity contribution in [1.82, 2.24) is 0 Å². The monoisotopic (exact) mass is 186 g/mol. The third-order valence-electron chi connectivity index (χ3n) is 3.50. The van der Waals surface area contributed by atoms with Crippen LogP contribution in [0.3, 0.4) is 0 Å². The van der Waals surface area contributed by atoms with Crippen molar-refractivity contribution in [2.75, 3.05) is 26.2 Å². The zero-order chi connectivity index (χ0) is 10.2. The SMILES string of the molecule is CCCCCC[N+](CC)(CC)CC. The summed E-state index contributed by atoms with van der Waals surface area (Å²) in [7, 11) is 0. The van der Waals surface area contributed by atoms with E-state index in [1.807, 2.05) is 0 Å². The average molecular weight is 186 g/mol. The van der Waals surface area contributed by atoms with Gasteiger partial charge in [0.2, 0.25) is 0 Å². The highest BCUT2D eigenvalue weighted by Gasteiger charge is 2.19. The van der Waals surface area contributed by atoms with Gasteiger partial charge in [-0.25, -0.2) is 0 Å². The van der Waals surface area contributed by atoms with Crippen molar-refractivity contribution in [2.45, 2.75) is 53.4 Å². The molecule has 0 unspecified atom stereocenters. The molecule has 0 aliphatic carbocycles. The van der Waals surface area contributed by atoms with Crippen LogP contribution in [-0.2, 0) is 0 Å². The number of rotatable bonds is 8. The standard InChI is InChI=1S/C12H28N/c1-5-9-10-11-12-13(6-2,7-3)8-4/h5-12H2,1-4H3/q+1. The maximum Gasteiger partial charge on any atom is 0.0786 e. The number of hydrogen-bond acceptors (Lipinski definition) is 0. The first-order valence-corrected chi connectivity index (χ1v) is 6.09. The predicted octanol–water partition coefficient (Wildman–Crippen LogP) is 3.44. The van der Waals surface area contributed by atoms with Crippen LogP contribution in [0.5, 0.6) is 0 Å². The second-order valence-corrected chi connectivity index (χ2v) is 4.07. The zero-order valence-electron chi connectivity index (χ0n) is 10.1. The Bertz CT molecular complexity index is 97.4. The fourth-order valence-corrected chi connectivity index (χ4v) is 2.02. The molecule has 0 bridgehead atoms. The first-order chi connectivity index (χ1) is 6.24. The van der Waals surface area contributed by atoms with E-state index in [1.54, 1.807) is 0 Å². The lowest BCUT2D eigenvalue weighted by Crippen LogP contribution is -2.48. The van der Waals surface area contributed by atoms with Gasteiger partial charge in [0, 0.05) is 0 Å². The molecule has 13 heavy (non-hydrogen) atoms. The van der Waals surface area contributed by atoms with Gasteiger partial charge in [0.15, 0.2) is 0 Å². The smallest absolute Gasteiger partial charge is 0.0786 e. The minimum Gasteiger partial charge on any atom is -0.324 e. The largest absolute Gasteiger partial charge is 0.324 e. The third-order valence-corrected chi connectivity index (χ3v) is 3.50. The van der Waals surface area contributed by atoms with Crippen LogP contribution in [0.4, 0.5) is 0 Å². The molecule has 0 atom stereocenters. The summed E-state index contributed by atoms with van der Waals surface area (Å²) in [5.41, 5.74) is 0. The van der Waals surface area contributed by atoms with Crippen LogP contribution in [-0.4, -0.2) is 30.7 Å². The Morgan fingerprint density at radius 1 is 0.692 bits per heavy atom. The number of nitrogens with zero attached hydrogens (tertiary/aromatic N) is 1. The normalized spacial score (nSPS) is 12.0. The Morgan fingerprint density at radius 2 is 1.23 bits per heavy atom. The van der Waals surface area contributed by atoms with Gasteiger partial charge in [0.1, 0.15) is 0 Å². The first-order valence-electron chi connectivity index (χ1n) is 6.09. The lowest BCUT2D eigenvalue weighted by atomic mass is 10.2. The van der Waals surface area contributed by atoms with Gasteiger partial charge < -0.3 is 4.48 Å². The minimum atomic E-state index is 1.30. The number of unbranched alkanes of at least 4 members (excludes halogenated alkanes) is 3. The molecule has 0 radical (unpaired) electrons. The van der Waals surface area contributed by atoms with E-state index >= 15 is 0 Å². The van der Waals surface area contributed by atoms with E-state index in [9.17, 15) is 0 Å². The fraction of sp³-hybridized carbons (Fsp3) is 1.00. The highest BCUT2D eigenvalue weighted by Crippen LogP contribution is 2.10. The maximum atomic E-state index is 2.33. The van der Waals surface area contributed by atoms with Crippen LogP contribution in [0.1, 0.15) is 53.4 Å². The lowest BCUT2D eigenvalue weighted by molar-refractivity contribution is -0.923. The molecule has 0 aromatic carbocycles. The number of hydrogen-bond donors (Lipinski definition) is 0. The molecule has 0 aromatic heterocycles. The quantitative estimate of drug-likeness (QED) is 0.402. The van der Waals surface area contributed by atoms with Crippen LogP contribution >= 0.6 is 0 Å². The summed E-state index contributed by atoms with van der Waals surface area (Å²) < 4.78 is 1.32. The van der Waals surface area contributed by atoms with Gasteiger partial charge in [-0.05, 0) is 33.6 Å². The van der Waals surface area contributed by atoms with Crippen molar-refractivity contribution in [3.8, 4) is 0 Å². The van der Waals surface area contributed by atoms with Gasteiger partial charge in [-0.1, -0.05) is 19.8 Å². The van der Waals surface area contributed by atoms with Crippen molar-refractivity contribution in [2.24, 2.45) is 0 Å². The molecule has 1 heteroatoms. The highest BCUT2D eigenvalue weighted by molar-refractivity contribution is 4.43. The predicted molar refractivity (Wildman–Crippen MR) is 60.9 cm³/mol. The van der Waals surface area contributed by atoms with E-state index in [0.29, 0.717) is 0 Å². The lowest BCUT2D eigenvalue weighted by Gasteiger charge is -2.35. The molecule has 0 spiro atoms. The molecule has 0 rings (SSSR count). The van der Waals surface area contributed by atoms with Crippen molar-refractivity contribution in [3.05, 3.63) is 0 Å². The summed E-state index contributed by atoms with van der Waals surface area (Å²) >= 11 is 0. The molecule has 0 aliphatic heterocycles. The molecule has 1 nitrogen and oxygen atoms in total. The van der Waals surface area contributed by atoms with Gasteiger partial charge in [0.05, 0.1) is 26.2 Å². The molecule has 0 saturated carbocycles. The molecule has 0 fully saturated rings. The third kappa shape index (κ3) is 4.66. The summed E-state index contributed by atoms with van der Waals surface area (Å²) in [5.74, 6) is 0. The summed E-state index contributed by atoms with van der Waals surface area (Å²) in [6, 6.07) is 0. The van der Waals surface area contributed by atoms with E-state index in [4.69, 9.17) is 0 Å². The van der Waals surface area contributed by atoms with Crippen molar-refractivity contribution in [3.63, 3.8) is 0 Å². The molecule has 0 aliphatic rings. The molecule has 80 valence electrons. The second-order valence-electron chi connectivity index (χ2n) is 4.07. The van der Waals surface area contributed by atoms with Crippen molar-refractivity contribution in [1.29, 1.82) is 0 Å². The Morgan fingerprint density at radius 3 is 1.62 bits per heavy atom. The van der Waals surface area contributed by atoms with Gasteiger partial charge >= 0.3 is 0 Å². The minimum absolute atomic E-state index is 1.30. The Labute approximate surface area is 84.7 Å². The molecule has 0 amide bonds. The van der Waals surface area contributed by atoms with Crippen LogP contribution in [0.2, 0.25) is 0 Å². The zero-order valence-corrected chi connectivity index (χ0v) is 10.1. The summed E-state index contributed by atoms with van der Waals surface area (Å²) in [4.78, 5) is 0. The molecule has 0 heterocycles. The van der Waals surface area contributed by atoms with E-state index < -0.39 is 0 Å². The number of quaternary nitrogens is 1. The second kappa shape index (κ2) is 7.37. The van der Waals surface area contributed by atoms with E-state index in [-0.39, 0.29) is 0 Å². The van der Waals surface area contributed by atoms with Crippen LogP contribution < -0.4 is 0 Å². The fourth-order valence-electron chi connectivity index (χ4n) is 2.02. The average Bonchev–Trinajstić information content (AvgIpc) is 2.20. The van der Waals surface area contributed by atoms with Gasteiger partial charge in [-0.2, -0.15) is 0 Å². The Balaban J connectivity index is 3.68. The Hall–Kier alpha value is -0.0400. The van der Waals surface area contributed by atoms with Gasteiger partial charge in [-0.3, -0.25) is 0 Å². The highest BCUT2D eigenvalue weighted by atomic mass is 15.3. The molecule has 0 saturated heterocycles. The van der Waals surface area contributed by atoms with E-state index in [1.165, 1.54) is 56.3 Å². The van der Waals surface area contributed by atoms with Crippen LogP contribution in [0.25, 0.3) is 0 Å². The molecule has 0 aromatic rings. The van der Waals surface area contributed by atoms with Gasteiger partial charge in [-0.15, -0.1) is 0 Å². The summed E-state index contributed by atoms with van der Waals surface area (Å²) in [5, 5.41) is 0. The van der Waals surface area contributed by atoms with Crippen LogP contribution in [0, 0.1) is 0 Å². The summed E-state index contributed by atoms with van der Waals surface area (Å²) in [6.45, 7) is 14.6.